The summed E-state index contributed by atoms with van der Waals surface area (Å²) in [4.78, 5) is 8.63. The summed E-state index contributed by atoms with van der Waals surface area (Å²) < 4.78 is 11.6. The lowest BCUT2D eigenvalue weighted by Crippen LogP contribution is -1.94. The molecule has 6 heteroatoms. The van der Waals surface area contributed by atoms with Crippen molar-refractivity contribution in [2.45, 2.75) is 6.92 Å². The highest BCUT2D eigenvalue weighted by molar-refractivity contribution is 9.10. The van der Waals surface area contributed by atoms with Gasteiger partial charge in [0, 0.05) is 23.0 Å². The molecular weight excluding hydrogens is 358 g/mol. The minimum Gasteiger partial charge on any atom is -0.480 e. The maximum absolute atomic E-state index is 5.47. The van der Waals surface area contributed by atoms with Crippen LogP contribution in [0.25, 0.3) is 22.8 Å². The Hall–Kier alpha value is -2.65. The van der Waals surface area contributed by atoms with E-state index in [1.54, 1.807) is 12.3 Å². The number of rotatable bonds is 4. The smallest absolute Gasteiger partial charge is 0.258 e. The van der Waals surface area contributed by atoms with Gasteiger partial charge in [0.2, 0.25) is 5.82 Å². The maximum Gasteiger partial charge on any atom is 0.258 e. The van der Waals surface area contributed by atoms with E-state index in [4.69, 9.17) is 15.7 Å². The highest BCUT2D eigenvalue weighted by atomic mass is 79.9. The fraction of sp³-hybridized carbons (Fsp3) is 0.118. The van der Waals surface area contributed by atoms with Gasteiger partial charge in [0.05, 0.1) is 4.47 Å². The molecule has 0 N–H and O–H groups in total. The van der Waals surface area contributed by atoms with Crippen LogP contribution in [0.15, 0.2) is 45.5 Å². The number of terminal acetylenes is 1. The van der Waals surface area contributed by atoms with Gasteiger partial charge in [-0.15, -0.1) is 6.42 Å². The maximum atomic E-state index is 5.47. The van der Waals surface area contributed by atoms with Crippen molar-refractivity contribution in [1.82, 2.24) is 15.1 Å². The van der Waals surface area contributed by atoms with Crippen LogP contribution in [0.1, 0.15) is 5.69 Å². The monoisotopic (exact) mass is 369 g/mol. The molecule has 0 aliphatic carbocycles. The number of ether oxygens (including phenoxy) is 1. The molecule has 0 amide bonds. The van der Waals surface area contributed by atoms with Gasteiger partial charge in [-0.2, -0.15) is 4.98 Å². The second-order valence-electron chi connectivity index (χ2n) is 4.75. The molecule has 2 aromatic heterocycles. The van der Waals surface area contributed by atoms with Crippen LogP contribution < -0.4 is 4.74 Å². The molecule has 0 radical (unpaired) electrons. The van der Waals surface area contributed by atoms with Gasteiger partial charge in [-0.3, -0.25) is 4.98 Å². The van der Waals surface area contributed by atoms with Crippen LogP contribution >= 0.6 is 15.9 Å². The van der Waals surface area contributed by atoms with Gasteiger partial charge in [-0.05, 0) is 53.2 Å². The third-order valence-corrected chi connectivity index (χ3v) is 3.74. The van der Waals surface area contributed by atoms with E-state index in [9.17, 15) is 0 Å². The first-order valence-electron chi connectivity index (χ1n) is 6.80. The van der Waals surface area contributed by atoms with Crippen LogP contribution in [0.4, 0.5) is 0 Å². The molecule has 2 heterocycles. The van der Waals surface area contributed by atoms with Crippen LogP contribution in [0.2, 0.25) is 0 Å². The predicted octanol–water partition coefficient (Wildman–Crippen LogP) is 3.88. The largest absolute Gasteiger partial charge is 0.480 e. The minimum absolute atomic E-state index is 0.187. The standard InChI is InChI=1S/C17H12BrN3O2/c1-3-8-22-15-9-12(6-7-14(15)18)17-20-16(21-23-17)13-5-4-11(2)19-10-13/h1,4-7,9-10H,8H2,2H3. The van der Waals surface area contributed by atoms with E-state index in [-0.39, 0.29) is 6.61 Å². The van der Waals surface area contributed by atoms with Gasteiger partial charge in [-0.25, -0.2) is 0 Å². The van der Waals surface area contributed by atoms with Crippen molar-refractivity contribution in [3.05, 3.63) is 46.7 Å². The SMILES string of the molecule is C#CCOc1cc(-c2nc(-c3ccc(C)nc3)no2)ccc1Br. The molecule has 0 bridgehead atoms. The molecule has 23 heavy (non-hydrogen) atoms. The summed E-state index contributed by atoms with van der Waals surface area (Å²) in [6, 6.07) is 9.30. The van der Waals surface area contributed by atoms with Crippen molar-refractivity contribution in [3.63, 3.8) is 0 Å². The Labute approximate surface area is 141 Å². The molecular formula is C17H12BrN3O2. The second kappa shape index (κ2) is 6.63. The van der Waals surface area contributed by atoms with E-state index in [2.05, 4.69) is 37.0 Å². The minimum atomic E-state index is 0.187. The lowest BCUT2D eigenvalue weighted by molar-refractivity contribution is 0.368. The molecule has 0 aliphatic rings. The summed E-state index contributed by atoms with van der Waals surface area (Å²) in [5.41, 5.74) is 2.48. The van der Waals surface area contributed by atoms with Gasteiger partial charge in [0.25, 0.3) is 5.89 Å². The number of nitrogens with zero attached hydrogens (tertiary/aromatic N) is 3. The highest BCUT2D eigenvalue weighted by Gasteiger charge is 2.13. The quantitative estimate of drug-likeness (QED) is 0.653. The van der Waals surface area contributed by atoms with E-state index in [0.29, 0.717) is 17.5 Å². The van der Waals surface area contributed by atoms with Crippen molar-refractivity contribution in [2.24, 2.45) is 0 Å². The summed E-state index contributed by atoms with van der Waals surface area (Å²) in [5, 5.41) is 4.00. The molecule has 3 rings (SSSR count). The molecule has 0 saturated carbocycles. The lowest BCUT2D eigenvalue weighted by atomic mass is 10.2. The summed E-state index contributed by atoms with van der Waals surface area (Å²) in [7, 11) is 0. The first-order valence-corrected chi connectivity index (χ1v) is 7.59. The molecule has 0 spiro atoms. The third-order valence-electron chi connectivity index (χ3n) is 3.08. The topological polar surface area (TPSA) is 61.0 Å². The molecule has 5 nitrogen and oxygen atoms in total. The summed E-state index contributed by atoms with van der Waals surface area (Å²) in [6.45, 7) is 2.11. The summed E-state index contributed by atoms with van der Waals surface area (Å²) >= 11 is 3.41. The molecule has 0 atom stereocenters. The zero-order valence-electron chi connectivity index (χ0n) is 12.3. The lowest BCUT2D eigenvalue weighted by Gasteiger charge is -2.05. The number of pyridine rings is 1. The molecule has 0 unspecified atom stereocenters. The fourth-order valence-electron chi connectivity index (χ4n) is 1.92. The third kappa shape index (κ3) is 3.41. The van der Waals surface area contributed by atoms with E-state index >= 15 is 0 Å². The molecule has 3 aromatic rings. The first kappa shape index (κ1) is 15.3. The Balaban J connectivity index is 1.91. The Morgan fingerprint density at radius 2 is 2.09 bits per heavy atom. The van der Waals surface area contributed by atoms with E-state index in [1.807, 2.05) is 31.2 Å². The number of benzene rings is 1. The zero-order chi connectivity index (χ0) is 16.2. The second-order valence-corrected chi connectivity index (χ2v) is 5.60. The van der Waals surface area contributed by atoms with Crippen molar-refractivity contribution in [2.75, 3.05) is 6.61 Å². The Kier molecular flexibility index (Phi) is 4.40. The molecule has 114 valence electrons. The number of aromatic nitrogens is 3. The Morgan fingerprint density at radius 1 is 1.26 bits per heavy atom. The van der Waals surface area contributed by atoms with Crippen molar-refractivity contribution >= 4 is 15.9 Å². The van der Waals surface area contributed by atoms with E-state index < -0.39 is 0 Å². The molecule has 0 fully saturated rings. The summed E-state index contributed by atoms with van der Waals surface area (Å²) in [5.74, 6) is 3.94. The Morgan fingerprint density at radius 3 is 2.83 bits per heavy atom. The van der Waals surface area contributed by atoms with Crippen LogP contribution in [0.3, 0.4) is 0 Å². The van der Waals surface area contributed by atoms with Crippen molar-refractivity contribution in [3.8, 4) is 40.9 Å². The molecule has 1 aromatic carbocycles. The van der Waals surface area contributed by atoms with E-state index in [0.717, 1.165) is 21.3 Å². The van der Waals surface area contributed by atoms with Crippen molar-refractivity contribution < 1.29 is 9.26 Å². The number of hydrogen-bond donors (Lipinski definition) is 0. The Bertz CT molecular complexity index is 866. The van der Waals surface area contributed by atoms with Crippen LogP contribution in [0, 0.1) is 19.3 Å². The van der Waals surface area contributed by atoms with E-state index in [1.165, 1.54) is 0 Å². The number of aryl methyl sites for hydroxylation is 1. The first-order chi connectivity index (χ1) is 11.2. The normalized spacial score (nSPS) is 10.3. The van der Waals surface area contributed by atoms with Gasteiger partial charge < -0.3 is 9.26 Å². The predicted molar refractivity (Wildman–Crippen MR) is 89.7 cm³/mol. The average molecular weight is 370 g/mol. The van der Waals surface area contributed by atoms with Gasteiger partial charge >= 0.3 is 0 Å². The van der Waals surface area contributed by atoms with Crippen molar-refractivity contribution in [1.29, 1.82) is 0 Å². The van der Waals surface area contributed by atoms with Gasteiger partial charge in [0.15, 0.2) is 0 Å². The van der Waals surface area contributed by atoms with Gasteiger partial charge in [0.1, 0.15) is 12.4 Å². The van der Waals surface area contributed by atoms with Crippen LogP contribution in [-0.4, -0.2) is 21.7 Å². The number of halogens is 1. The van der Waals surface area contributed by atoms with Crippen LogP contribution in [0.5, 0.6) is 5.75 Å². The summed E-state index contributed by atoms with van der Waals surface area (Å²) in [6.07, 6.45) is 6.93. The average Bonchev–Trinajstić information content (AvgIpc) is 3.05. The van der Waals surface area contributed by atoms with Gasteiger partial charge in [-0.1, -0.05) is 11.1 Å². The zero-order valence-corrected chi connectivity index (χ0v) is 13.9. The number of hydrogen-bond acceptors (Lipinski definition) is 5. The highest BCUT2D eigenvalue weighted by Crippen LogP contribution is 2.31. The molecule has 0 saturated heterocycles. The molecule has 0 aliphatic heterocycles. The fourth-order valence-corrected chi connectivity index (χ4v) is 2.29. The van der Waals surface area contributed by atoms with Crippen LogP contribution in [-0.2, 0) is 0 Å².